The summed E-state index contributed by atoms with van der Waals surface area (Å²) in [5, 5.41) is 4.75. The fourth-order valence-electron chi connectivity index (χ4n) is 3.13. The molecule has 1 aromatic heterocycles. The van der Waals surface area contributed by atoms with Crippen LogP contribution in [0.2, 0.25) is 5.02 Å². The monoisotopic (exact) mass is 454 g/mol. The van der Waals surface area contributed by atoms with Gasteiger partial charge in [0.25, 0.3) is 5.91 Å². The van der Waals surface area contributed by atoms with Crippen molar-refractivity contribution in [3.63, 3.8) is 0 Å². The number of nitrogens with one attached hydrogen (secondary N) is 1. The SMILES string of the molecule is O=C(NCCc1ccc(Cl)cc1)c1cc(Sc2ccc(F)cc2F)nc2ccccc12. The van der Waals surface area contributed by atoms with E-state index in [1.807, 2.05) is 42.5 Å². The van der Waals surface area contributed by atoms with E-state index in [0.29, 0.717) is 39.5 Å². The molecule has 3 aromatic carbocycles. The molecular weight excluding hydrogens is 438 g/mol. The highest BCUT2D eigenvalue weighted by atomic mass is 35.5. The Morgan fingerprint density at radius 3 is 2.55 bits per heavy atom. The van der Waals surface area contributed by atoms with E-state index in [1.54, 1.807) is 12.1 Å². The van der Waals surface area contributed by atoms with Gasteiger partial charge in [-0.05, 0) is 48.4 Å². The number of benzene rings is 3. The number of amides is 1. The zero-order chi connectivity index (χ0) is 21.8. The van der Waals surface area contributed by atoms with Crippen molar-refractivity contribution in [3.05, 3.63) is 101 Å². The first-order valence-electron chi connectivity index (χ1n) is 9.55. The van der Waals surface area contributed by atoms with E-state index in [0.717, 1.165) is 23.4 Å². The van der Waals surface area contributed by atoms with Crippen LogP contribution >= 0.6 is 23.4 Å². The van der Waals surface area contributed by atoms with E-state index in [1.165, 1.54) is 12.1 Å². The Balaban J connectivity index is 1.56. The number of rotatable bonds is 6. The highest BCUT2D eigenvalue weighted by molar-refractivity contribution is 7.99. The molecule has 3 nitrogen and oxygen atoms in total. The van der Waals surface area contributed by atoms with Crippen molar-refractivity contribution in [1.82, 2.24) is 10.3 Å². The van der Waals surface area contributed by atoms with Crippen molar-refractivity contribution in [2.24, 2.45) is 0 Å². The summed E-state index contributed by atoms with van der Waals surface area (Å²) in [6.07, 6.45) is 0.661. The zero-order valence-corrected chi connectivity index (χ0v) is 17.8. The molecular formula is C24H17ClF2N2OS. The van der Waals surface area contributed by atoms with Gasteiger partial charge in [-0.2, -0.15) is 0 Å². The lowest BCUT2D eigenvalue weighted by Gasteiger charge is -2.11. The maximum absolute atomic E-state index is 14.1. The fraction of sp³-hybridized carbons (Fsp3) is 0.0833. The van der Waals surface area contributed by atoms with Crippen molar-refractivity contribution in [3.8, 4) is 0 Å². The number of pyridine rings is 1. The molecule has 4 rings (SSSR count). The molecule has 1 amide bonds. The van der Waals surface area contributed by atoms with Gasteiger partial charge in [0.2, 0.25) is 0 Å². The van der Waals surface area contributed by atoms with Gasteiger partial charge < -0.3 is 5.32 Å². The van der Waals surface area contributed by atoms with Gasteiger partial charge in [0.1, 0.15) is 16.7 Å². The van der Waals surface area contributed by atoms with E-state index in [9.17, 15) is 13.6 Å². The smallest absolute Gasteiger partial charge is 0.252 e. The summed E-state index contributed by atoms with van der Waals surface area (Å²) in [5.74, 6) is -1.56. The molecule has 0 radical (unpaired) electrons. The Morgan fingerprint density at radius 1 is 1.00 bits per heavy atom. The minimum absolute atomic E-state index is 0.235. The molecule has 0 unspecified atom stereocenters. The summed E-state index contributed by atoms with van der Waals surface area (Å²) in [6.45, 7) is 0.451. The van der Waals surface area contributed by atoms with Crippen molar-refractivity contribution in [2.45, 2.75) is 16.3 Å². The summed E-state index contributed by atoms with van der Waals surface area (Å²) >= 11 is 6.95. The Labute approximate surface area is 187 Å². The lowest BCUT2D eigenvalue weighted by Crippen LogP contribution is -2.26. The van der Waals surface area contributed by atoms with Gasteiger partial charge in [0.05, 0.1) is 11.1 Å². The Bertz CT molecular complexity index is 1250. The second kappa shape index (κ2) is 9.45. The number of fused-ring (bicyclic) bond motifs is 1. The van der Waals surface area contributed by atoms with Crippen LogP contribution in [0.3, 0.4) is 0 Å². The molecule has 0 saturated heterocycles. The molecule has 4 aromatic rings. The minimum Gasteiger partial charge on any atom is -0.352 e. The van der Waals surface area contributed by atoms with Crippen LogP contribution in [0.1, 0.15) is 15.9 Å². The van der Waals surface area contributed by atoms with Crippen molar-refractivity contribution >= 4 is 40.2 Å². The van der Waals surface area contributed by atoms with Crippen molar-refractivity contribution in [2.75, 3.05) is 6.54 Å². The van der Waals surface area contributed by atoms with Crippen LogP contribution in [0.15, 0.2) is 82.7 Å². The topological polar surface area (TPSA) is 42.0 Å². The number of carbonyl (C=O) groups excluding carboxylic acids is 1. The predicted octanol–water partition coefficient (Wildman–Crippen LogP) is 6.29. The molecule has 0 bridgehead atoms. The number of hydrogen-bond donors (Lipinski definition) is 1. The Kier molecular flexibility index (Phi) is 6.49. The Morgan fingerprint density at radius 2 is 1.77 bits per heavy atom. The third-order valence-corrected chi connectivity index (χ3v) is 5.88. The van der Waals surface area contributed by atoms with Gasteiger partial charge in [-0.15, -0.1) is 0 Å². The average molecular weight is 455 g/mol. The lowest BCUT2D eigenvalue weighted by molar-refractivity contribution is 0.0955. The first-order chi connectivity index (χ1) is 15.0. The molecule has 7 heteroatoms. The minimum atomic E-state index is -0.672. The second-order valence-electron chi connectivity index (χ2n) is 6.83. The van der Waals surface area contributed by atoms with E-state index in [4.69, 9.17) is 11.6 Å². The van der Waals surface area contributed by atoms with Gasteiger partial charge in [0, 0.05) is 27.9 Å². The van der Waals surface area contributed by atoms with E-state index in [2.05, 4.69) is 10.3 Å². The van der Waals surface area contributed by atoms with Crippen LogP contribution in [-0.2, 0) is 6.42 Å². The quantitative estimate of drug-likeness (QED) is 0.372. The number of para-hydroxylation sites is 1. The number of carbonyl (C=O) groups is 1. The summed E-state index contributed by atoms with van der Waals surface area (Å²) in [6, 6.07) is 19.8. The lowest BCUT2D eigenvalue weighted by atomic mass is 10.1. The maximum atomic E-state index is 14.1. The number of halogens is 3. The van der Waals surface area contributed by atoms with Crippen LogP contribution < -0.4 is 5.32 Å². The molecule has 0 fully saturated rings. The molecule has 0 spiro atoms. The summed E-state index contributed by atoms with van der Waals surface area (Å²) in [7, 11) is 0. The van der Waals surface area contributed by atoms with Gasteiger partial charge in [0.15, 0.2) is 0 Å². The zero-order valence-electron chi connectivity index (χ0n) is 16.2. The van der Waals surface area contributed by atoms with E-state index < -0.39 is 11.6 Å². The van der Waals surface area contributed by atoms with E-state index >= 15 is 0 Å². The van der Waals surface area contributed by atoms with Crippen molar-refractivity contribution in [1.29, 1.82) is 0 Å². The first kappa shape index (κ1) is 21.3. The third kappa shape index (κ3) is 5.21. The summed E-state index contributed by atoms with van der Waals surface area (Å²) < 4.78 is 27.3. The van der Waals surface area contributed by atoms with E-state index in [-0.39, 0.29) is 10.8 Å². The molecule has 1 heterocycles. The second-order valence-corrected chi connectivity index (χ2v) is 8.33. The van der Waals surface area contributed by atoms with Crippen LogP contribution in [0.4, 0.5) is 8.78 Å². The molecule has 156 valence electrons. The van der Waals surface area contributed by atoms with Gasteiger partial charge in [-0.25, -0.2) is 13.8 Å². The van der Waals surface area contributed by atoms with Crippen LogP contribution in [-0.4, -0.2) is 17.4 Å². The molecule has 0 atom stereocenters. The predicted molar refractivity (Wildman–Crippen MR) is 120 cm³/mol. The number of hydrogen-bond acceptors (Lipinski definition) is 3. The largest absolute Gasteiger partial charge is 0.352 e. The normalized spacial score (nSPS) is 10.9. The van der Waals surface area contributed by atoms with Crippen LogP contribution in [0, 0.1) is 11.6 Å². The molecule has 0 aliphatic heterocycles. The average Bonchev–Trinajstić information content (AvgIpc) is 2.76. The molecule has 31 heavy (non-hydrogen) atoms. The van der Waals surface area contributed by atoms with Crippen molar-refractivity contribution < 1.29 is 13.6 Å². The maximum Gasteiger partial charge on any atom is 0.252 e. The summed E-state index contributed by atoms with van der Waals surface area (Å²) in [5.41, 5.74) is 2.14. The molecule has 0 aliphatic carbocycles. The van der Waals surface area contributed by atoms with Crippen LogP contribution in [0.25, 0.3) is 10.9 Å². The highest BCUT2D eigenvalue weighted by Crippen LogP contribution is 2.31. The highest BCUT2D eigenvalue weighted by Gasteiger charge is 2.15. The first-order valence-corrected chi connectivity index (χ1v) is 10.7. The fourth-order valence-corrected chi connectivity index (χ4v) is 4.09. The standard InChI is InChI=1S/C24H17ClF2N2OS/c25-16-7-5-15(6-8-16)11-12-28-24(30)19-14-23(29-21-4-2-1-3-18(19)21)31-22-10-9-17(26)13-20(22)27/h1-10,13-14H,11-12H2,(H,28,30). The third-order valence-electron chi connectivity index (χ3n) is 4.66. The molecule has 0 saturated carbocycles. The van der Waals surface area contributed by atoms with Gasteiger partial charge >= 0.3 is 0 Å². The summed E-state index contributed by atoms with van der Waals surface area (Å²) in [4.78, 5) is 17.7. The number of aromatic nitrogens is 1. The Hall–Kier alpha value is -2.96. The van der Waals surface area contributed by atoms with Crippen LogP contribution in [0.5, 0.6) is 0 Å². The molecule has 0 aliphatic rings. The van der Waals surface area contributed by atoms with Gasteiger partial charge in [-0.3, -0.25) is 4.79 Å². The molecule has 1 N–H and O–H groups in total. The number of nitrogens with zero attached hydrogens (tertiary/aromatic N) is 1. The van der Waals surface area contributed by atoms with Gasteiger partial charge in [-0.1, -0.05) is 53.7 Å².